The van der Waals surface area contributed by atoms with Crippen LogP contribution in [0.1, 0.15) is 10.4 Å². The number of thiophene rings is 1. The van der Waals surface area contributed by atoms with Gasteiger partial charge in [0.15, 0.2) is 12.1 Å². The fourth-order valence-corrected chi connectivity index (χ4v) is 2.43. The van der Waals surface area contributed by atoms with E-state index in [9.17, 15) is 4.79 Å². The van der Waals surface area contributed by atoms with Gasteiger partial charge in [-0.3, -0.25) is 4.79 Å². The van der Waals surface area contributed by atoms with Crippen LogP contribution in [0.2, 0.25) is 0 Å². The molecule has 16 heavy (non-hydrogen) atoms. The van der Waals surface area contributed by atoms with Crippen LogP contribution < -0.4 is 0 Å². The Morgan fingerprint density at radius 2 is 2.31 bits per heavy atom. The highest BCUT2D eigenvalue weighted by Crippen LogP contribution is 2.25. The minimum atomic E-state index is 0.551. The van der Waals surface area contributed by atoms with Gasteiger partial charge < -0.3 is 0 Å². The Morgan fingerprint density at radius 1 is 1.38 bits per heavy atom. The molecule has 0 amide bonds. The zero-order chi connectivity index (χ0) is 11.0. The Balaban J connectivity index is 2.24. The van der Waals surface area contributed by atoms with Crippen molar-refractivity contribution in [3.63, 3.8) is 0 Å². The summed E-state index contributed by atoms with van der Waals surface area (Å²) in [5.41, 5.74) is 0.551. The Kier molecular flexibility index (Phi) is 2.04. The van der Waals surface area contributed by atoms with Gasteiger partial charge in [-0.1, -0.05) is 0 Å². The van der Waals surface area contributed by atoms with Crippen molar-refractivity contribution < 1.29 is 4.79 Å². The third-order valence-electron chi connectivity index (χ3n) is 2.31. The number of hydrogen-bond donors (Lipinski definition) is 0. The van der Waals surface area contributed by atoms with Crippen LogP contribution in [0.25, 0.3) is 15.9 Å². The molecule has 0 aliphatic heterocycles. The van der Waals surface area contributed by atoms with Crippen LogP contribution in [-0.4, -0.2) is 21.1 Å². The molecular weight excluding hydrogens is 222 g/mol. The van der Waals surface area contributed by atoms with Crippen molar-refractivity contribution in [1.82, 2.24) is 14.8 Å². The van der Waals surface area contributed by atoms with Gasteiger partial charge in [0.05, 0.1) is 16.5 Å². The number of aldehydes is 1. The first kappa shape index (κ1) is 9.23. The molecule has 3 heterocycles. The predicted octanol–water partition coefficient (Wildman–Crippen LogP) is 2.29. The molecule has 78 valence electrons. The maximum Gasteiger partial charge on any atom is 0.171 e. The highest BCUT2D eigenvalue weighted by molar-refractivity contribution is 7.17. The van der Waals surface area contributed by atoms with Gasteiger partial charge >= 0.3 is 0 Å². The maximum atomic E-state index is 10.6. The van der Waals surface area contributed by atoms with E-state index in [0.29, 0.717) is 5.56 Å². The van der Waals surface area contributed by atoms with Gasteiger partial charge in [0.2, 0.25) is 0 Å². The van der Waals surface area contributed by atoms with Crippen molar-refractivity contribution in [3.8, 4) is 5.82 Å². The van der Waals surface area contributed by atoms with Gasteiger partial charge in [-0.15, -0.1) is 11.3 Å². The first-order valence-corrected chi connectivity index (χ1v) is 5.59. The highest BCUT2D eigenvalue weighted by atomic mass is 32.1. The lowest BCUT2D eigenvalue weighted by molar-refractivity contribution is 0.112. The number of carbonyl (C=O) groups excluding carboxylic acids is 1. The normalized spacial score (nSPS) is 10.8. The number of nitrogens with zero attached hydrogens (tertiary/aromatic N) is 3. The Hall–Kier alpha value is -2.01. The quantitative estimate of drug-likeness (QED) is 0.633. The molecule has 4 nitrogen and oxygen atoms in total. The van der Waals surface area contributed by atoms with Gasteiger partial charge in [0.25, 0.3) is 0 Å². The Labute approximate surface area is 95.2 Å². The summed E-state index contributed by atoms with van der Waals surface area (Å²) in [7, 11) is 0. The summed E-state index contributed by atoms with van der Waals surface area (Å²) < 4.78 is 2.70. The lowest BCUT2D eigenvalue weighted by Crippen LogP contribution is -1.97. The zero-order valence-electron chi connectivity index (χ0n) is 8.20. The standard InChI is InChI=1S/C11H7N3OS/c15-7-8-5-13-14(6-8)11-10-9(1-3-12-11)2-4-16-10/h1-7H. The average molecular weight is 229 g/mol. The number of carbonyl (C=O) groups is 1. The largest absolute Gasteiger partial charge is 0.298 e. The molecule has 3 aromatic heterocycles. The second-order valence-electron chi connectivity index (χ2n) is 3.31. The monoisotopic (exact) mass is 229 g/mol. The van der Waals surface area contributed by atoms with Crippen molar-refractivity contribution in [1.29, 1.82) is 0 Å². The topological polar surface area (TPSA) is 47.8 Å². The van der Waals surface area contributed by atoms with Gasteiger partial charge in [-0.05, 0) is 22.9 Å². The minimum Gasteiger partial charge on any atom is -0.298 e. The first-order valence-electron chi connectivity index (χ1n) is 4.71. The molecule has 0 aromatic carbocycles. The summed E-state index contributed by atoms with van der Waals surface area (Å²) >= 11 is 1.61. The molecule has 0 aliphatic carbocycles. The summed E-state index contributed by atoms with van der Waals surface area (Å²) in [6.07, 6.45) is 5.72. The fourth-order valence-electron chi connectivity index (χ4n) is 1.56. The molecule has 0 atom stereocenters. The Morgan fingerprint density at radius 3 is 3.12 bits per heavy atom. The van der Waals surface area contributed by atoms with Crippen molar-refractivity contribution in [2.75, 3.05) is 0 Å². The molecule has 0 bridgehead atoms. The van der Waals surface area contributed by atoms with Crippen LogP contribution in [-0.2, 0) is 0 Å². The van der Waals surface area contributed by atoms with E-state index in [-0.39, 0.29) is 0 Å². The van der Waals surface area contributed by atoms with Crippen molar-refractivity contribution in [3.05, 3.63) is 41.7 Å². The van der Waals surface area contributed by atoms with Crippen LogP contribution in [0.5, 0.6) is 0 Å². The van der Waals surface area contributed by atoms with Crippen LogP contribution in [0, 0.1) is 0 Å². The lowest BCUT2D eigenvalue weighted by Gasteiger charge is -2.00. The summed E-state index contributed by atoms with van der Waals surface area (Å²) in [6.45, 7) is 0. The second kappa shape index (κ2) is 3.53. The summed E-state index contributed by atoms with van der Waals surface area (Å²) in [5.74, 6) is 0.764. The highest BCUT2D eigenvalue weighted by Gasteiger charge is 2.07. The second-order valence-corrected chi connectivity index (χ2v) is 4.23. The van der Waals surface area contributed by atoms with Crippen LogP contribution in [0.4, 0.5) is 0 Å². The van der Waals surface area contributed by atoms with E-state index in [1.54, 1.807) is 28.4 Å². The number of pyridine rings is 1. The summed E-state index contributed by atoms with van der Waals surface area (Å²) in [4.78, 5) is 14.9. The van der Waals surface area contributed by atoms with Crippen molar-refractivity contribution >= 4 is 27.7 Å². The van der Waals surface area contributed by atoms with Crippen LogP contribution in [0.15, 0.2) is 36.1 Å². The molecule has 0 aliphatic rings. The van der Waals surface area contributed by atoms with Gasteiger partial charge in [-0.2, -0.15) is 5.10 Å². The fraction of sp³-hybridized carbons (Fsp3) is 0. The van der Waals surface area contributed by atoms with E-state index in [1.165, 1.54) is 6.20 Å². The number of hydrogen-bond acceptors (Lipinski definition) is 4. The third-order valence-corrected chi connectivity index (χ3v) is 3.23. The molecule has 3 aromatic rings. The van der Waals surface area contributed by atoms with Crippen LogP contribution in [0.3, 0.4) is 0 Å². The van der Waals surface area contributed by atoms with Gasteiger partial charge in [0, 0.05) is 12.4 Å². The minimum absolute atomic E-state index is 0.551. The molecule has 3 rings (SSSR count). The molecule has 0 N–H and O–H groups in total. The summed E-state index contributed by atoms with van der Waals surface area (Å²) in [6, 6.07) is 3.99. The van der Waals surface area contributed by atoms with E-state index in [1.807, 2.05) is 17.5 Å². The van der Waals surface area contributed by atoms with Crippen molar-refractivity contribution in [2.45, 2.75) is 0 Å². The molecule has 0 spiro atoms. The first-order chi connectivity index (χ1) is 7.88. The maximum absolute atomic E-state index is 10.6. The lowest BCUT2D eigenvalue weighted by atomic mass is 10.3. The van der Waals surface area contributed by atoms with Crippen LogP contribution >= 0.6 is 11.3 Å². The molecular formula is C11H7N3OS. The predicted molar refractivity (Wildman–Crippen MR) is 62.1 cm³/mol. The molecule has 5 heteroatoms. The van der Waals surface area contributed by atoms with E-state index < -0.39 is 0 Å². The van der Waals surface area contributed by atoms with E-state index in [2.05, 4.69) is 10.1 Å². The number of rotatable bonds is 2. The van der Waals surface area contributed by atoms with E-state index >= 15 is 0 Å². The number of fused-ring (bicyclic) bond motifs is 1. The Bertz CT molecular complexity index is 656. The van der Waals surface area contributed by atoms with Crippen molar-refractivity contribution in [2.24, 2.45) is 0 Å². The summed E-state index contributed by atoms with van der Waals surface area (Å²) in [5, 5.41) is 7.27. The molecule has 0 unspecified atom stereocenters. The van der Waals surface area contributed by atoms with Gasteiger partial charge in [-0.25, -0.2) is 9.67 Å². The molecule has 0 saturated heterocycles. The van der Waals surface area contributed by atoms with Gasteiger partial charge in [0.1, 0.15) is 0 Å². The molecule has 0 radical (unpaired) electrons. The zero-order valence-corrected chi connectivity index (χ0v) is 9.02. The van der Waals surface area contributed by atoms with E-state index in [0.717, 1.165) is 22.2 Å². The third kappa shape index (κ3) is 1.33. The molecule has 0 saturated carbocycles. The number of aromatic nitrogens is 3. The average Bonchev–Trinajstić information content (AvgIpc) is 2.97. The SMILES string of the molecule is O=Cc1cnn(-c2nccc3ccsc23)c1. The smallest absolute Gasteiger partial charge is 0.171 e. The molecule has 0 fully saturated rings. The van der Waals surface area contributed by atoms with E-state index in [4.69, 9.17) is 0 Å².